The predicted molar refractivity (Wildman–Crippen MR) is 75.3 cm³/mol. The van der Waals surface area contributed by atoms with Gasteiger partial charge in [0.1, 0.15) is 0 Å². The Morgan fingerprint density at radius 1 is 1.25 bits per heavy atom. The van der Waals surface area contributed by atoms with E-state index in [0.29, 0.717) is 11.6 Å². The van der Waals surface area contributed by atoms with Gasteiger partial charge >= 0.3 is 0 Å². The van der Waals surface area contributed by atoms with Crippen LogP contribution < -0.4 is 5.11 Å². The van der Waals surface area contributed by atoms with Gasteiger partial charge in [0.25, 0.3) is 5.69 Å². The van der Waals surface area contributed by atoms with Gasteiger partial charge in [-0.15, -0.1) is 0 Å². The van der Waals surface area contributed by atoms with Crippen LogP contribution in [0.1, 0.15) is 11.1 Å². The lowest BCUT2D eigenvalue weighted by Gasteiger charge is -2.08. The highest BCUT2D eigenvalue weighted by Crippen LogP contribution is 2.20. The second-order valence-electron chi connectivity index (χ2n) is 4.04. The van der Waals surface area contributed by atoms with E-state index in [2.05, 4.69) is 4.99 Å². The third-order valence-electron chi connectivity index (χ3n) is 2.65. The molecule has 2 aromatic rings. The summed E-state index contributed by atoms with van der Waals surface area (Å²) in [6, 6.07) is 10.8. The number of benzene rings is 2. The summed E-state index contributed by atoms with van der Waals surface area (Å²) in [6.45, 7) is 0.307. The molecule has 5 nitrogen and oxygen atoms in total. The van der Waals surface area contributed by atoms with E-state index < -0.39 is 4.92 Å². The molecule has 0 atom stereocenters. The second-order valence-corrected chi connectivity index (χ2v) is 4.45. The van der Waals surface area contributed by atoms with Crippen molar-refractivity contribution in [2.24, 2.45) is 4.99 Å². The van der Waals surface area contributed by atoms with Gasteiger partial charge in [0, 0.05) is 23.4 Å². The Balaban J connectivity index is 2.17. The zero-order valence-electron chi connectivity index (χ0n) is 10.3. The van der Waals surface area contributed by atoms with Gasteiger partial charge in [-0.3, -0.25) is 15.1 Å². The Bertz CT molecular complexity index is 671. The van der Waals surface area contributed by atoms with E-state index in [-0.39, 0.29) is 17.0 Å². The molecule has 0 saturated carbocycles. The molecule has 2 aromatic carbocycles. The summed E-state index contributed by atoms with van der Waals surface area (Å²) in [5, 5.41) is 22.8. The molecule has 0 unspecified atom stereocenters. The lowest BCUT2D eigenvalue weighted by Crippen LogP contribution is -1.98. The van der Waals surface area contributed by atoms with E-state index in [0.717, 1.165) is 11.6 Å². The van der Waals surface area contributed by atoms with Gasteiger partial charge in [-0.1, -0.05) is 41.6 Å². The zero-order valence-corrected chi connectivity index (χ0v) is 11.1. The van der Waals surface area contributed by atoms with Crippen LogP contribution in [0, 0.1) is 10.1 Å². The first-order valence-electron chi connectivity index (χ1n) is 5.76. The van der Waals surface area contributed by atoms with Crippen molar-refractivity contribution in [1.29, 1.82) is 0 Å². The molecule has 0 amide bonds. The number of nitrogens with zero attached hydrogens (tertiary/aromatic N) is 2. The minimum Gasteiger partial charge on any atom is -0.872 e. The molecule has 0 bridgehead atoms. The van der Waals surface area contributed by atoms with Gasteiger partial charge in [0.2, 0.25) is 0 Å². The van der Waals surface area contributed by atoms with Gasteiger partial charge in [-0.2, -0.15) is 0 Å². The van der Waals surface area contributed by atoms with Crippen molar-refractivity contribution in [1.82, 2.24) is 0 Å². The third-order valence-corrected chi connectivity index (χ3v) is 3.02. The zero-order chi connectivity index (χ0) is 14.5. The van der Waals surface area contributed by atoms with Crippen molar-refractivity contribution in [2.75, 3.05) is 0 Å². The summed E-state index contributed by atoms with van der Waals surface area (Å²) in [7, 11) is 0. The van der Waals surface area contributed by atoms with Crippen LogP contribution in [0.5, 0.6) is 5.75 Å². The summed E-state index contributed by atoms with van der Waals surface area (Å²) in [4.78, 5) is 14.2. The quantitative estimate of drug-likeness (QED) is 0.493. The predicted octanol–water partition coefficient (Wildman–Crippen LogP) is 2.94. The fourth-order valence-corrected chi connectivity index (χ4v) is 1.81. The Kier molecular flexibility index (Phi) is 4.32. The normalized spacial score (nSPS) is 10.8. The molecule has 0 aromatic heterocycles. The maximum Gasteiger partial charge on any atom is 0.270 e. The average molecular weight is 290 g/mol. The number of non-ortho nitro benzene ring substituents is 1. The van der Waals surface area contributed by atoms with E-state index in [1.165, 1.54) is 18.3 Å². The van der Waals surface area contributed by atoms with Crippen molar-refractivity contribution in [3.05, 3.63) is 68.7 Å². The van der Waals surface area contributed by atoms with Crippen LogP contribution in [0.3, 0.4) is 0 Å². The molecule has 0 fully saturated rings. The highest BCUT2D eigenvalue weighted by atomic mass is 35.5. The van der Waals surface area contributed by atoms with Crippen molar-refractivity contribution < 1.29 is 10.0 Å². The van der Waals surface area contributed by atoms with Crippen LogP contribution in [-0.4, -0.2) is 11.1 Å². The van der Waals surface area contributed by atoms with E-state index >= 15 is 0 Å². The Morgan fingerprint density at radius 2 is 2.00 bits per heavy atom. The Labute approximate surface area is 120 Å². The molecule has 6 heteroatoms. The van der Waals surface area contributed by atoms with Crippen LogP contribution in [0.4, 0.5) is 5.69 Å². The van der Waals surface area contributed by atoms with Crippen LogP contribution in [0.25, 0.3) is 0 Å². The standard InChI is InChI=1S/C14H11ClN2O3/c15-13-4-2-1-3-10(13)8-16-9-11-7-12(17(19)20)5-6-14(11)18/h1-7,9,18H,8H2/p-1. The first-order valence-corrected chi connectivity index (χ1v) is 6.14. The summed E-state index contributed by atoms with van der Waals surface area (Å²) >= 11 is 5.98. The fourth-order valence-electron chi connectivity index (χ4n) is 1.62. The molecule has 0 aliphatic heterocycles. The number of hydrogen-bond acceptors (Lipinski definition) is 4. The maximum absolute atomic E-state index is 11.6. The smallest absolute Gasteiger partial charge is 0.270 e. The fraction of sp³-hybridized carbons (Fsp3) is 0.0714. The highest BCUT2D eigenvalue weighted by Gasteiger charge is 2.05. The minimum atomic E-state index is -0.551. The highest BCUT2D eigenvalue weighted by molar-refractivity contribution is 6.31. The Hall–Kier alpha value is -2.40. The van der Waals surface area contributed by atoms with E-state index in [9.17, 15) is 15.2 Å². The first kappa shape index (κ1) is 14.0. The molecule has 0 spiro atoms. The molecule has 0 radical (unpaired) electrons. The van der Waals surface area contributed by atoms with Crippen LogP contribution in [0.15, 0.2) is 47.5 Å². The van der Waals surface area contributed by atoms with E-state index in [1.54, 1.807) is 6.07 Å². The number of nitro benzene ring substituents is 1. The van der Waals surface area contributed by atoms with Gasteiger partial charge in [-0.25, -0.2) is 0 Å². The summed E-state index contributed by atoms with van der Waals surface area (Å²) in [6.07, 6.45) is 1.33. The second kappa shape index (κ2) is 6.16. The number of halogens is 1. The maximum atomic E-state index is 11.6. The van der Waals surface area contributed by atoms with E-state index in [4.69, 9.17) is 11.6 Å². The number of rotatable bonds is 4. The lowest BCUT2D eigenvalue weighted by molar-refractivity contribution is -0.385. The first-order chi connectivity index (χ1) is 9.58. The molecule has 0 aliphatic rings. The van der Waals surface area contributed by atoms with Crippen molar-refractivity contribution in [3.8, 4) is 5.75 Å². The molecule has 0 saturated heterocycles. The van der Waals surface area contributed by atoms with Crippen LogP contribution in [-0.2, 0) is 6.54 Å². The van der Waals surface area contributed by atoms with Crippen molar-refractivity contribution in [3.63, 3.8) is 0 Å². The van der Waals surface area contributed by atoms with Gasteiger partial charge in [0.15, 0.2) is 0 Å². The SMILES string of the molecule is O=[N+]([O-])c1ccc([O-])c(C=NCc2ccccc2Cl)c1. The summed E-state index contributed by atoms with van der Waals surface area (Å²) in [5.74, 6) is -0.307. The molecule has 0 aliphatic carbocycles. The van der Waals surface area contributed by atoms with Gasteiger partial charge < -0.3 is 5.11 Å². The molecular formula is C14H10ClN2O3-. The molecular weight excluding hydrogens is 280 g/mol. The van der Waals surface area contributed by atoms with Crippen LogP contribution in [0.2, 0.25) is 5.02 Å². The third kappa shape index (κ3) is 3.33. The molecule has 102 valence electrons. The number of nitro groups is 1. The van der Waals surface area contributed by atoms with E-state index in [1.807, 2.05) is 18.2 Å². The monoisotopic (exact) mass is 289 g/mol. The minimum absolute atomic E-state index is 0.135. The molecule has 0 heterocycles. The Morgan fingerprint density at radius 3 is 2.70 bits per heavy atom. The average Bonchev–Trinajstić information content (AvgIpc) is 2.42. The van der Waals surface area contributed by atoms with Gasteiger partial charge in [0.05, 0.1) is 11.5 Å². The summed E-state index contributed by atoms with van der Waals surface area (Å²) < 4.78 is 0. The number of hydrogen-bond donors (Lipinski definition) is 0. The van der Waals surface area contributed by atoms with Crippen LogP contribution >= 0.6 is 11.6 Å². The topological polar surface area (TPSA) is 78.6 Å². The number of aliphatic imine (C=N–C) groups is 1. The van der Waals surface area contributed by atoms with Crippen molar-refractivity contribution in [2.45, 2.75) is 6.54 Å². The lowest BCUT2D eigenvalue weighted by atomic mass is 10.2. The molecule has 0 N–H and O–H groups in total. The van der Waals surface area contributed by atoms with Crippen molar-refractivity contribution >= 4 is 23.5 Å². The van der Waals surface area contributed by atoms with Gasteiger partial charge in [-0.05, 0) is 17.2 Å². The summed E-state index contributed by atoms with van der Waals surface area (Å²) in [5.41, 5.74) is 0.873. The largest absolute Gasteiger partial charge is 0.872 e. The molecule has 20 heavy (non-hydrogen) atoms. The molecule has 2 rings (SSSR count).